The number of nitrogens with zero attached hydrogens (tertiary/aromatic N) is 2. The Balaban J connectivity index is 1.62. The molecule has 2 amide bonds. The minimum Gasteiger partial charge on any atom is -0.348 e. The van der Waals surface area contributed by atoms with Crippen molar-refractivity contribution in [3.05, 3.63) is 59.9 Å². The lowest BCUT2D eigenvalue weighted by molar-refractivity contribution is -0.117. The lowest BCUT2D eigenvalue weighted by Gasteiger charge is -2.15. The van der Waals surface area contributed by atoms with Crippen LogP contribution in [0.1, 0.15) is 28.8 Å². The number of hydrogen-bond donors (Lipinski definition) is 1. The average Bonchev–Trinajstić information content (AvgIpc) is 3.00. The van der Waals surface area contributed by atoms with Crippen LogP contribution in [-0.4, -0.2) is 23.3 Å². The molecule has 2 aromatic rings. The van der Waals surface area contributed by atoms with Gasteiger partial charge in [0.2, 0.25) is 5.91 Å². The molecule has 22 heavy (non-hydrogen) atoms. The first-order chi connectivity index (χ1) is 10.7. The van der Waals surface area contributed by atoms with Crippen molar-refractivity contribution in [1.29, 1.82) is 0 Å². The zero-order valence-electron chi connectivity index (χ0n) is 12.2. The average molecular weight is 295 g/mol. The summed E-state index contributed by atoms with van der Waals surface area (Å²) in [4.78, 5) is 29.6. The van der Waals surface area contributed by atoms with Crippen LogP contribution in [0, 0.1) is 0 Å². The number of carbonyl (C=O) groups excluding carboxylic acids is 2. The van der Waals surface area contributed by atoms with Crippen LogP contribution in [-0.2, 0) is 11.3 Å². The standard InChI is InChI=1S/C17H17N3O2/c21-16-4-2-10-20(16)15-7-5-14(6-8-15)17(22)19-12-13-3-1-9-18-11-13/h1,3,5-9,11H,2,4,10,12H2,(H,19,22). The Morgan fingerprint density at radius 3 is 2.68 bits per heavy atom. The maximum absolute atomic E-state index is 12.1. The van der Waals surface area contributed by atoms with Crippen LogP contribution in [0.5, 0.6) is 0 Å². The minimum absolute atomic E-state index is 0.136. The molecule has 0 atom stereocenters. The van der Waals surface area contributed by atoms with Crippen molar-refractivity contribution in [2.45, 2.75) is 19.4 Å². The van der Waals surface area contributed by atoms with Gasteiger partial charge in [0.25, 0.3) is 5.91 Å². The van der Waals surface area contributed by atoms with E-state index in [1.54, 1.807) is 29.4 Å². The molecule has 0 aliphatic carbocycles. The molecule has 1 aromatic carbocycles. The van der Waals surface area contributed by atoms with Gasteiger partial charge in [0, 0.05) is 43.2 Å². The Bertz CT molecular complexity index is 668. The van der Waals surface area contributed by atoms with Gasteiger partial charge in [-0.15, -0.1) is 0 Å². The summed E-state index contributed by atoms with van der Waals surface area (Å²) in [6, 6.07) is 10.9. The Morgan fingerprint density at radius 2 is 2.05 bits per heavy atom. The fourth-order valence-electron chi connectivity index (χ4n) is 2.50. The van der Waals surface area contributed by atoms with Crippen molar-refractivity contribution in [3.63, 3.8) is 0 Å². The predicted molar refractivity (Wildman–Crippen MR) is 83.4 cm³/mol. The molecule has 2 heterocycles. The molecule has 0 spiro atoms. The highest BCUT2D eigenvalue weighted by Gasteiger charge is 2.21. The molecule has 1 aliphatic heterocycles. The van der Waals surface area contributed by atoms with Crippen LogP contribution in [0.3, 0.4) is 0 Å². The molecule has 0 bridgehead atoms. The number of anilines is 1. The fraction of sp³-hybridized carbons (Fsp3) is 0.235. The van der Waals surface area contributed by atoms with E-state index >= 15 is 0 Å². The second-order valence-corrected chi connectivity index (χ2v) is 5.24. The number of pyridine rings is 1. The predicted octanol–water partition coefficient (Wildman–Crippen LogP) is 2.14. The van der Waals surface area contributed by atoms with Crippen LogP contribution in [0.2, 0.25) is 0 Å². The first-order valence-electron chi connectivity index (χ1n) is 7.31. The van der Waals surface area contributed by atoms with E-state index in [2.05, 4.69) is 10.3 Å². The number of hydrogen-bond acceptors (Lipinski definition) is 3. The van der Waals surface area contributed by atoms with Gasteiger partial charge in [-0.25, -0.2) is 0 Å². The van der Waals surface area contributed by atoms with E-state index in [-0.39, 0.29) is 11.8 Å². The van der Waals surface area contributed by atoms with Crippen molar-refractivity contribution in [2.75, 3.05) is 11.4 Å². The van der Waals surface area contributed by atoms with Crippen LogP contribution >= 0.6 is 0 Å². The van der Waals surface area contributed by atoms with Crippen molar-refractivity contribution in [3.8, 4) is 0 Å². The van der Waals surface area contributed by atoms with E-state index in [0.29, 0.717) is 18.5 Å². The second-order valence-electron chi connectivity index (χ2n) is 5.24. The van der Waals surface area contributed by atoms with Crippen molar-refractivity contribution in [1.82, 2.24) is 10.3 Å². The number of aromatic nitrogens is 1. The summed E-state index contributed by atoms with van der Waals surface area (Å²) in [6.07, 6.45) is 4.92. The van der Waals surface area contributed by atoms with Crippen molar-refractivity contribution in [2.24, 2.45) is 0 Å². The van der Waals surface area contributed by atoms with Crippen molar-refractivity contribution < 1.29 is 9.59 Å². The molecule has 1 fully saturated rings. The van der Waals surface area contributed by atoms with Crippen LogP contribution in [0.4, 0.5) is 5.69 Å². The number of benzene rings is 1. The summed E-state index contributed by atoms with van der Waals surface area (Å²) < 4.78 is 0. The highest BCUT2D eigenvalue weighted by Crippen LogP contribution is 2.21. The third-order valence-electron chi connectivity index (χ3n) is 3.69. The Kier molecular flexibility index (Phi) is 4.14. The van der Waals surface area contributed by atoms with Gasteiger partial charge in [0.15, 0.2) is 0 Å². The van der Waals surface area contributed by atoms with E-state index in [0.717, 1.165) is 24.2 Å². The largest absolute Gasteiger partial charge is 0.348 e. The lowest BCUT2D eigenvalue weighted by atomic mass is 10.1. The zero-order valence-corrected chi connectivity index (χ0v) is 12.2. The Labute approximate surface area is 129 Å². The molecule has 0 unspecified atom stereocenters. The summed E-state index contributed by atoms with van der Waals surface area (Å²) in [6.45, 7) is 1.20. The molecule has 0 saturated carbocycles. The van der Waals surface area contributed by atoms with E-state index in [1.165, 1.54) is 0 Å². The molecule has 0 radical (unpaired) electrons. The summed E-state index contributed by atoms with van der Waals surface area (Å²) >= 11 is 0. The van der Waals surface area contributed by atoms with Gasteiger partial charge in [-0.2, -0.15) is 0 Å². The number of amides is 2. The van der Waals surface area contributed by atoms with Gasteiger partial charge < -0.3 is 10.2 Å². The molecular formula is C17H17N3O2. The van der Waals surface area contributed by atoms with Gasteiger partial charge in [0.05, 0.1) is 0 Å². The normalized spacial score (nSPS) is 14.2. The zero-order chi connectivity index (χ0) is 15.4. The van der Waals surface area contributed by atoms with Crippen LogP contribution in [0.25, 0.3) is 0 Å². The summed E-state index contributed by atoms with van der Waals surface area (Å²) in [5, 5.41) is 2.85. The highest BCUT2D eigenvalue weighted by atomic mass is 16.2. The molecule has 112 valence electrons. The number of nitrogens with one attached hydrogen (secondary N) is 1. The molecule has 1 aromatic heterocycles. The maximum Gasteiger partial charge on any atom is 0.251 e. The van der Waals surface area contributed by atoms with E-state index in [9.17, 15) is 9.59 Å². The first kappa shape index (κ1) is 14.3. The van der Waals surface area contributed by atoms with Gasteiger partial charge >= 0.3 is 0 Å². The summed E-state index contributed by atoms with van der Waals surface area (Å²) in [7, 11) is 0. The molecule has 1 saturated heterocycles. The first-order valence-corrected chi connectivity index (χ1v) is 7.31. The lowest BCUT2D eigenvalue weighted by Crippen LogP contribution is -2.25. The SMILES string of the molecule is O=C(NCc1cccnc1)c1ccc(N2CCCC2=O)cc1. The summed E-state index contributed by atoms with van der Waals surface area (Å²) in [5.74, 6) is 0.0110. The maximum atomic E-state index is 12.1. The van der Waals surface area contributed by atoms with E-state index in [4.69, 9.17) is 0 Å². The van der Waals surface area contributed by atoms with Crippen LogP contribution in [0.15, 0.2) is 48.8 Å². The Morgan fingerprint density at radius 1 is 1.23 bits per heavy atom. The molecule has 1 N–H and O–H groups in total. The topological polar surface area (TPSA) is 62.3 Å². The van der Waals surface area contributed by atoms with Gasteiger partial charge in [-0.05, 0) is 42.3 Å². The second kappa shape index (κ2) is 6.39. The molecule has 3 rings (SSSR count). The summed E-state index contributed by atoms with van der Waals surface area (Å²) in [5.41, 5.74) is 2.39. The van der Waals surface area contributed by atoms with Crippen molar-refractivity contribution >= 4 is 17.5 Å². The third kappa shape index (κ3) is 3.14. The van der Waals surface area contributed by atoms with Gasteiger partial charge in [-0.1, -0.05) is 6.07 Å². The van der Waals surface area contributed by atoms with Gasteiger partial charge in [-0.3, -0.25) is 14.6 Å². The number of rotatable bonds is 4. The number of carbonyl (C=O) groups is 2. The van der Waals surface area contributed by atoms with Gasteiger partial charge in [0.1, 0.15) is 0 Å². The van der Waals surface area contributed by atoms with E-state index < -0.39 is 0 Å². The quantitative estimate of drug-likeness (QED) is 0.940. The molecule has 5 nitrogen and oxygen atoms in total. The third-order valence-corrected chi connectivity index (χ3v) is 3.69. The monoisotopic (exact) mass is 295 g/mol. The minimum atomic E-state index is -0.136. The molecule has 1 aliphatic rings. The molecule has 5 heteroatoms. The highest BCUT2D eigenvalue weighted by molar-refractivity contribution is 5.97. The fourth-order valence-corrected chi connectivity index (χ4v) is 2.50. The van der Waals surface area contributed by atoms with Crippen LogP contribution < -0.4 is 10.2 Å². The van der Waals surface area contributed by atoms with E-state index in [1.807, 2.05) is 24.3 Å². The Hall–Kier alpha value is -2.69. The molecular weight excluding hydrogens is 278 g/mol. The smallest absolute Gasteiger partial charge is 0.251 e.